The molecule has 0 fully saturated rings. The van der Waals surface area contributed by atoms with Crippen LogP contribution in [-0.4, -0.2) is 52.7 Å². The van der Waals surface area contributed by atoms with Crippen molar-refractivity contribution in [2.75, 3.05) is 24.0 Å². The summed E-state index contributed by atoms with van der Waals surface area (Å²) in [5.41, 5.74) is -0.774. The van der Waals surface area contributed by atoms with Gasteiger partial charge in [0.15, 0.2) is 5.78 Å². The van der Waals surface area contributed by atoms with Gasteiger partial charge < -0.3 is 4.74 Å². The van der Waals surface area contributed by atoms with Crippen LogP contribution in [0.4, 0.5) is 0 Å². The lowest BCUT2D eigenvalue weighted by molar-refractivity contribution is 0.0204. The number of hydrogen-bond donors (Lipinski definition) is 0. The fourth-order valence-electron chi connectivity index (χ4n) is 3.32. The highest BCUT2D eigenvalue weighted by Gasteiger charge is 2.50. The second-order valence-electron chi connectivity index (χ2n) is 6.76. The average molecular weight is 389 g/mol. The Morgan fingerprint density at radius 1 is 1.00 bits per heavy atom. The maximum absolute atomic E-state index is 13.3. The van der Waals surface area contributed by atoms with Crippen molar-refractivity contribution in [3.05, 3.63) is 29.8 Å². The Hall–Kier alpha value is -1.41. The third-order valence-electron chi connectivity index (χ3n) is 4.68. The van der Waals surface area contributed by atoms with Crippen molar-refractivity contribution in [2.45, 2.75) is 32.3 Å². The summed E-state index contributed by atoms with van der Waals surface area (Å²) in [7, 11) is -6.61. The molecule has 2 rings (SSSR count). The summed E-state index contributed by atoms with van der Waals surface area (Å²) in [6.45, 7) is 1.85. The highest BCUT2D eigenvalue weighted by Crippen LogP contribution is 2.45. The first kappa shape index (κ1) is 19.9. The summed E-state index contributed by atoms with van der Waals surface area (Å²) in [4.78, 5) is 13.3. The standard InChI is InChI=1S/C17H24O6S2/c1-4-15-17(9-11-24(2,19)20,10-12-25(3,21)22)16(18)13-7-5-6-8-14(13)23-15/h5-8,15H,4,9-12H2,1-3H3. The van der Waals surface area contributed by atoms with Gasteiger partial charge in [0.05, 0.1) is 22.5 Å². The van der Waals surface area contributed by atoms with E-state index >= 15 is 0 Å². The summed E-state index contributed by atoms with van der Waals surface area (Å²) < 4.78 is 52.8. The monoisotopic (exact) mass is 388 g/mol. The largest absolute Gasteiger partial charge is 0.489 e. The Bertz CT molecular complexity index is 819. The van der Waals surface area contributed by atoms with Gasteiger partial charge in [0.25, 0.3) is 0 Å². The van der Waals surface area contributed by atoms with E-state index in [0.717, 1.165) is 12.5 Å². The Labute approximate surface area is 149 Å². The molecule has 25 heavy (non-hydrogen) atoms. The predicted octanol–water partition coefficient (Wildman–Crippen LogP) is 1.90. The molecule has 1 aliphatic rings. The first-order chi connectivity index (χ1) is 11.5. The van der Waals surface area contributed by atoms with Gasteiger partial charge in [-0.3, -0.25) is 4.79 Å². The van der Waals surface area contributed by atoms with Gasteiger partial charge >= 0.3 is 0 Å². The minimum Gasteiger partial charge on any atom is -0.489 e. The maximum atomic E-state index is 13.3. The number of carbonyl (C=O) groups excluding carboxylic acids is 1. The molecule has 0 aliphatic carbocycles. The predicted molar refractivity (Wildman–Crippen MR) is 96.6 cm³/mol. The summed E-state index contributed by atoms with van der Waals surface area (Å²) >= 11 is 0. The Kier molecular flexibility index (Phi) is 5.63. The molecule has 1 aromatic rings. The molecule has 0 bridgehead atoms. The fourth-order valence-corrected chi connectivity index (χ4v) is 4.79. The Morgan fingerprint density at radius 3 is 2.00 bits per heavy atom. The fraction of sp³-hybridized carbons (Fsp3) is 0.588. The van der Waals surface area contributed by atoms with Crippen LogP contribution in [0.5, 0.6) is 5.75 Å². The van der Waals surface area contributed by atoms with E-state index in [4.69, 9.17) is 4.74 Å². The Balaban J connectivity index is 2.51. The number of carbonyl (C=O) groups is 1. The molecule has 1 heterocycles. The van der Waals surface area contributed by atoms with Crippen LogP contribution in [0.25, 0.3) is 0 Å². The van der Waals surface area contributed by atoms with Crippen molar-refractivity contribution in [3.63, 3.8) is 0 Å². The number of fused-ring (bicyclic) bond motifs is 1. The van der Waals surface area contributed by atoms with E-state index in [1.165, 1.54) is 0 Å². The molecule has 140 valence electrons. The second kappa shape index (κ2) is 7.07. The molecule has 1 aliphatic heterocycles. The van der Waals surface area contributed by atoms with Gasteiger partial charge in [-0.1, -0.05) is 19.1 Å². The van der Waals surface area contributed by atoms with Crippen LogP contribution in [0, 0.1) is 5.41 Å². The second-order valence-corrected chi connectivity index (χ2v) is 11.3. The normalized spacial score (nSPS) is 20.0. The van der Waals surface area contributed by atoms with E-state index in [9.17, 15) is 21.6 Å². The van der Waals surface area contributed by atoms with Crippen LogP contribution in [-0.2, 0) is 19.7 Å². The molecule has 6 nitrogen and oxygen atoms in total. The van der Waals surface area contributed by atoms with E-state index in [0.29, 0.717) is 17.7 Å². The van der Waals surface area contributed by atoms with Crippen LogP contribution in [0.2, 0.25) is 0 Å². The van der Waals surface area contributed by atoms with Gasteiger partial charge in [0.1, 0.15) is 31.5 Å². The molecule has 1 aromatic carbocycles. The molecular weight excluding hydrogens is 364 g/mol. The number of rotatable bonds is 7. The number of ether oxygens (including phenoxy) is 1. The lowest BCUT2D eigenvalue weighted by Crippen LogP contribution is -2.50. The smallest absolute Gasteiger partial charge is 0.176 e. The van der Waals surface area contributed by atoms with Gasteiger partial charge in [0.2, 0.25) is 0 Å². The SMILES string of the molecule is CCC1Oc2ccccc2C(=O)C1(CCS(C)(=O)=O)CCS(C)(=O)=O. The Morgan fingerprint density at radius 2 is 1.52 bits per heavy atom. The summed E-state index contributed by atoms with van der Waals surface area (Å²) in [6, 6.07) is 6.81. The number of hydrogen-bond acceptors (Lipinski definition) is 6. The van der Waals surface area contributed by atoms with E-state index < -0.39 is 31.2 Å². The van der Waals surface area contributed by atoms with Gasteiger partial charge in [-0.05, 0) is 31.4 Å². The van der Waals surface area contributed by atoms with Crippen molar-refractivity contribution in [3.8, 4) is 5.75 Å². The topological polar surface area (TPSA) is 94.6 Å². The minimum absolute atomic E-state index is 0.0486. The molecule has 0 spiro atoms. The molecule has 8 heteroatoms. The van der Waals surface area contributed by atoms with Crippen molar-refractivity contribution in [2.24, 2.45) is 5.41 Å². The lowest BCUT2D eigenvalue weighted by Gasteiger charge is -2.43. The molecule has 0 saturated heterocycles. The average Bonchev–Trinajstić information content (AvgIpc) is 2.51. The number of benzene rings is 1. The zero-order valence-corrected chi connectivity index (χ0v) is 16.3. The molecular formula is C17H24O6S2. The van der Waals surface area contributed by atoms with Gasteiger partial charge in [-0.2, -0.15) is 0 Å². The minimum atomic E-state index is -3.31. The van der Waals surface area contributed by atoms with Gasteiger partial charge in [-0.15, -0.1) is 0 Å². The van der Waals surface area contributed by atoms with E-state index in [1.54, 1.807) is 24.3 Å². The summed E-state index contributed by atoms with van der Waals surface area (Å²) in [5.74, 6) is -0.142. The van der Waals surface area contributed by atoms with Gasteiger partial charge in [0, 0.05) is 12.5 Å². The first-order valence-corrected chi connectivity index (χ1v) is 12.3. The van der Waals surface area contributed by atoms with Crippen LogP contribution in [0.15, 0.2) is 24.3 Å². The lowest BCUT2D eigenvalue weighted by atomic mass is 9.69. The number of sulfone groups is 2. The summed E-state index contributed by atoms with van der Waals surface area (Å²) in [5, 5.41) is 0. The first-order valence-electron chi connectivity index (χ1n) is 8.14. The third-order valence-corrected chi connectivity index (χ3v) is 6.57. The summed E-state index contributed by atoms with van der Waals surface area (Å²) in [6.07, 6.45) is 2.24. The highest BCUT2D eigenvalue weighted by atomic mass is 32.2. The van der Waals surface area contributed by atoms with Crippen molar-refractivity contribution >= 4 is 25.5 Å². The van der Waals surface area contributed by atoms with E-state index in [1.807, 2.05) is 6.92 Å². The van der Waals surface area contributed by atoms with Crippen LogP contribution >= 0.6 is 0 Å². The maximum Gasteiger partial charge on any atom is 0.176 e. The number of para-hydroxylation sites is 1. The van der Waals surface area contributed by atoms with Crippen molar-refractivity contribution in [1.82, 2.24) is 0 Å². The molecule has 1 atom stereocenters. The molecule has 0 radical (unpaired) electrons. The molecule has 1 unspecified atom stereocenters. The molecule has 0 aromatic heterocycles. The van der Waals surface area contributed by atoms with Crippen LogP contribution in [0.3, 0.4) is 0 Å². The third kappa shape index (κ3) is 4.61. The van der Waals surface area contributed by atoms with Crippen LogP contribution in [0.1, 0.15) is 36.5 Å². The quantitative estimate of drug-likeness (QED) is 0.708. The van der Waals surface area contributed by atoms with E-state index in [2.05, 4.69) is 0 Å². The van der Waals surface area contributed by atoms with E-state index in [-0.39, 0.29) is 30.1 Å². The zero-order chi connectivity index (χ0) is 18.9. The molecule has 0 saturated carbocycles. The van der Waals surface area contributed by atoms with Gasteiger partial charge in [-0.25, -0.2) is 16.8 Å². The van der Waals surface area contributed by atoms with Crippen molar-refractivity contribution in [1.29, 1.82) is 0 Å². The zero-order valence-electron chi connectivity index (χ0n) is 14.7. The van der Waals surface area contributed by atoms with Crippen LogP contribution < -0.4 is 4.74 Å². The number of Topliss-reactive ketones (excluding diaryl/α,β-unsaturated/α-hetero) is 1. The molecule has 0 amide bonds. The number of ketones is 1. The molecule has 0 N–H and O–H groups in total. The highest BCUT2D eigenvalue weighted by molar-refractivity contribution is 7.90. The van der Waals surface area contributed by atoms with Crippen molar-refractivity contribution < 1.29 is 26.4 Å².